The minimum atomic E-state index is -0.741. The number of rotatable bonds is 9. The van der Waals surface area contributed by atoms with Crippen molar-refractivity contribution >= 4 is 41.0 Å². The Balaban J connectivity index is 1.74. The molecule has 0 spiro atoms. The number of aromatic nitrogens is 1. The maximum atomic E-state index is 13.7. The van der Waals surface area contributed by atoms with Gasteiger partial charge in [-0.1, -0.05) is 47.2 Å². The highest BCUT2D eigenvalue weighted by Gasteiger charge is 2.33. The van der Waals surface area contributed by atoms with Gasteiger partial charge in [0.25, 0.3) is 5.56 Å². The van der Waals surface area contributed by atoms with Gasteiger partial charge < -0.3 is 18.9 Å². The van der Waals surface area contributed by atoms with E-state index in [2.05, 4.69) is 9.73 Å². The molecule has 2 heterocycles. The molecular weight excluding hydrogens is 532 g/mol. The number of carbonyl (C=O) groups excluding carboxylic acids is 2. The van der Waals surface area contributed by atoms with Crippen LogP contribution in [-0.4, -0.2) is 50.5 Å². The van der Waals surface area contributed by atoms with Gasteiger partial charge in [0.1, 0.15) is 12.4 Å². The van der Waals surface area contributed by atoms with E-state index in [1.54, 1.807) is 61.5 Å². The van der Waals surface area contributed by atoms with E-state index in [1.807, 2.05) is 0 Å². The van der Waals surface area contributed by atoms with E-state index in [9.17, 15) is 14.4 Å². The number of allylic oxidation sites excluding steroid dienone is 1. The number of nitrogens with zero attached hydrogens (tertiary/aromatic N) is 2. The Labute approximate surface area is 227 Å². The summed E-state index contributed by atoms with van der Waals surface area (Å²) in [4.78, 5) is 43.1. The van der Waals surface area contributed by atoms with Crippen LogP contribution in [0.15, 0.2) is 69.6 Å². The molecule has 198 valence electrons. The molecule has 0 saturated carbocycles. The average Bonchev–Trinajstić information content (AvgIpc) is 3.21. The molecule has 9 nitrogen and oxygen atoms in total. The van der Waals surface area contributed by atoms with Crippen molar-refractivity contribution in [1.29, 1.82) is 0 Å². The summed E-state index contributed by atoms with van der Waals surface area (Å²) in [6.07, 6.45) is 1.74. The maximum Gasteiger partial charge on any atom is 0.343 e. The summed E-state index contributed by atoms with van der Waals surface area (Å²) in [5.74, 6) is -0.563. The Bertz CT molecular complexity index is 1540. The largest absolute Gasteiger partial charge is 0.482 e. The van der Waals surface area contributed by atoms with Crippen molar-refractivity contribution < 1.29 is 28.5 Å². The first-order valence-corrected chi connectivity index (χ1v) is 12.8. The summed E-state index contributed by atoms with van der Waals surface area (Å²) in [5, 5.41) is 0.532. The highest BCUT2D eigenvalue weighted by atomic mass is 35.5. The molecule has 1 aliphatic heterocycles. The number of fused-ring (bicyclic) bond motifs is 1. The molecule has 0 bridgehead atoms. The topological polar surface area (TPSA) is 105 Å². The van der Waals surface area contributed by atoms with E-state index in [1.165, 1.54) is 30.1 Å². The fourth-order valence-electron chi connectivity index (χ4n) is 3.85. The lowest BCUT2D eigenvalue weighted by Crippen LogP contribution is -2.40. The van der Waals surface area contributed by atoms with Crippen molar-refractivity contribution in [2.24, 2.45) is 4.99 Å². The van der Waals surface area contributed by atoms with Gasteiger partial charge in [-0.25, -0.2) is 14.6 Å². The maximum absolute atomic E-state index is 13.7. The molecule has 0 N–H and O–H groups in total. The summed E-state index contributed by atoms with van der Waals surface area (Å²) >= 11 is 7.33. The summed E-state index contributed by atoms with van der Waals surface area (Å²) in [7, 11) is 2.81. The van der Waals surface area contributed by atoms with Crippen LogP contribution in [0.3, 0.4) is 0 Å². The number of halogens is 1. The predicted octanol–water partition coefficient (Wildman–Crippen LogP) is 2.63. The van der Waals surface area contributed by atoms with Gasteiger partial charge in [0.15, 0.2) is 11.4 Å². The molecule has 1 unspecified atom stereocenters. The zero-order chi connectivity index (χ0) is 27.2. The van der Waals surface area contributed by atoms with Gasteiger partial charge in [-0.15, -0.1) is 0 Å². The van der Waals surface area contributed by atoms with E-state index in [4.69, 9.17) is 25.8 Å². The Morgan fingerprint density at radius 2 is 1.79 bits per heavy atom. The average molecular weight is 557 g/mol. The fraction of sp³-hybridized carbons (Fsp3) is 0.259. The third kappa shape index (κ3) is 6.04. The standard InChI is InChI=1S/C27H25ClN2O7S/c1-16-23(26(33)36-13-12-34-2)24(18-6-8-19(28)9-7-18)30-25(32)21(38-27(30)29-16)14-17-4-10-20(11-5-17)37-15-22(31)35-3/h4-11,14,24H,12-13,15H2,1-3H3. The van der Waals surface area contributed by atoms with Crippen LogP contribution in [0.5, 0.6) is 5.75 Å². The van der Waals surface area contributed by atoms with E-state index in [0.29, 0.717) is 31.4 Å². The normalized spacial score (nSPS) is 15.1. The van der Waals surface area contributed by atoms with Gasteiger partial charge >= 0.3 is 11.9 Å². The predicted molar refractivity (Wildman–Crippen MR) is 142 cm³/mol. The van der Waals surface area contributed by atoms with Crippen LogP contribution < -0.4 is 19.6 Å². The number of hydrogen-bond donors (Lipinski definition) is 0. The van der Waals surface area contributed by atoms with Crippen molar-refractivity contribution in [3.05, 3.63) is 95.6 Å². The molecule has 1 aromatic heterocycles. The monoisotopic (exact) mass is 556 g/mol. The highest BCUT2D eigenvalue weighted by Crippen LogP contribution is 2.31. The lowest BCUT2D eigenvalue weighted by molar-refractivity contribution is -0.143. The molecule has 0 saturated heterocycles. The number of esters is 2. The van der Waals surface area contributed by atoms with Crippen molar-refractivity contribution in [3.63, 3.8) is 0 Å². The number of carbonyl (C=O) groups is 2. The fourth-order valence-corrected chi connectivity index (χ4v) is 5.02. The second-order valence-corrected chi connectivity index (χ2v) is 9.64. The molecule has 3 aromatic rings. The molecule has 11 heteroatoms. The lowest BCUT2D eigenvalue weighted by atomic mass is 9.96. The van der Waals surface area contributed by atoms with Gasteiger partial charge in [-0.05, 0) is 48.4 Å². The van der Waals surface area contributed by atoms with E-state index >= 15 is 0 Å². The van der Waals surface area contributed by atoms with E-state index in [-0.39, 0.29) is 31.0 Å². The van der Waals surface area contributed by atoms with Crippen LogP contribution in [-0.2, 0) is 23.8 Å². The Morgan fingerprint density at radius 3 is 2.45 bits per heavy atom. The third-order valence-electron chi connectivity index (χ3n) is 5.71. The van der Waals surface area contributed by atoms with Crippen molar-refractivity contribution in [1.82, 2.24) is 4.57 Å². The van der Waals surface area contributed by atoms with Gasteiger partial charge in [0.2, 0.25) is 0 Å². The molecule has 2 aromatic carbocycles. The number of hydrogen-bond acceptors (Lipinski definition) is 9. The zero-order valence-electron chi connectivity index (χ0n) is 20.9. The van der Waals surface area contributed by atoms with Crippen LogP contribution in [0.1, 0.15) is 24.1 Å². The molecule has 4 rings (SSSR count). The van der Waals surface area contributed by atoms with Crippen LogP contribution >= 0.6 is 22.9 Å². The highest BCUT2D eigenvalue weighted by molar-refractivity contribution is 7.07. The molecule has 38 heavy (non-hydrogen) atoms. The number of methoxy groups -OCH3 is 2. The molecular formula is C27H25ClN2O7S. The second-order valence-electron chi connectivity index (χ2n) is 8.20. The minimum absolute atomic E-state index is 0.0726. The molecule has 1 atom stereocenters. The Morgan fingerprint density at radius 1 is 1.08 bits per heavy atom. The summed E-state index contributed by atoms with van der Waals surface area (Å²) in [6.45, 7) is 1.84. The third-order valence-corrected chi connectivity index (χ3v) is 6.95. The Hall–Kier alpha value is -3.73. The summed E-state index contributed by atoms with van der Waals surface area (Å²) in [6, 6.07) is 13.2. The van der Waals surface area contributed by atoms with E-state index in [0.717, 1.165) is 5.56 Å². The molecule has 1 aliphatic rings. The molecule has 0 radical (unpaired) electrons. The SMILES string of the molecule is COCCOC(=O)C1=C(C)N=c2sc(=Cc3ccc(OCC(=O)OC)cc3)c(=O)n2C1c1ccc(Cl)cc1. The van der Waals surface area contributed by atoms with Crippen LogP contribution in [0, 0.1) is 0 Å². The second kappa shape index (κ2) is 12.2. The zero-order valence-corrected chi connectivity index (χ0v) is 22.5. The lowest BCUT2D eigenvalue weighted by Gasteiger charge is -2.24. The van der Waals surface area contributed by atoms with Crippen molar-refractivity contribution in [2.45, 2.75) is 13.0 Å². The summed E-state index contributed by atoms with van der Waals surface area (Å²) in [5.41, 5.74) is 1.89. The molecule has 0 fully saturated rings. The van der Waals surface area contributed by atoms with Crippen molar-refractivity contribution in [3.8, 4) is 5.75 Å². The first kappa shape index (κ1) is 27.3. The van der Waals surface area contributed by atoms with Crippen molar-refractivity contribution in [2.75, 3.05) is 34.0 Å². The van der Waals surface area contributed by atoms with Crippen LogP contribution in [0.25, 0.3) is 6.08 Å². The number of ether oxygens (including phenoxy) is 4. The number of benzene rings is 2. The van der Waals surface area contributed by atoms with Gasteiger partial charge in [0.05, 0.1) is 35.6 Å². The Kier molecular flexibility index (Phi) is 8.77. The van der Waals surface area contributed by atoms with E-state index < -0.39 is 18.0 Å². The van der Waals surface area contributed by atoms with Crippen LogP contribution in [0.4, 0.5) is 0 Å². The summed E-state index contributed by atoms with van der Waals surface area (Å²) < 4.78 is 22.3. The molecule has 0 amide bonds. The quantitative estimate of drug-likeness (QED) is 0.295. The minimum Gasteiger partial charge on any atom is -0.482 e. The molecule has 0 aliphatic carbocycles. The van der Waals surface area contributed by atoms with Gasteiger partial charge in [-0.3, -0.25) is 9.36 Å². The van der Waals surface area contributed by atoms with Crippen LogP contribution in [0.2, 0.25) is 5.02 Å². The first-order valence-electron chi connectivity index (χ1n) is 11.6. The van der Waals surface area contributed by atoms with Gasteiger partial charge in [-0.2, -0.15) is 0 Å². The number of thiazole rings is 1. The van der Waals surface area contributed by atoms with Gasteiger partial charge in [0, 0.05) is 12.1 Å². The first-order chi connectivity index (χ1) is 18.3. The smallest absolute Gasteiger partial charge is 0.343 e.